The van der Waals surface area contributed by atoms with Crippen LogP contribution in [0.3, 0.4) is 0 Å². The third-order valence-electron chi connectivity index (χ3n) is 3.69. The van der Waals surface area contributed by atoms with Gasteiger partial charge in [0.15, 0.2) is 11.5 Å². The highest BCUT2D eigenvalue weighted by Gasteiger charge is 2.13. The van der Waals surface area contributed by atoms with Gasteiger partial charge in [0.1, 0.15) is 11.5 Å². The number of carbonyl (C=O) groups is 1. The number of benzene rings is 1. The molecule has 0 radical (unpaired) electrons. The molecule has 0 unspecified atom stereocenters. The summed E-state index contributed by atoms with van der Waals surface area (Å²) in [5.74, 6) is 0.527. The largest absolute Gasteiger partial charge is 0.505 e. The van der Waals surface area contributed by atoms with Crippen molar-refractivity contribution < 1.29 is 14.6 Å². The minimum Gasteiger partial charge on any atom is -0.505 e. The molecule has 0 saturated carbocycles. The molecule has 0 atom stereocenters. The van der Waals surface area contributed by atoms with E-state index in [-0.39, 0.29) is 11.4 Å². The summed E-state index contributed by atoms with van der Waals surface area (Å²) in [6.45, 7) is 0. The Kier molecular flexibility index (Phi) is 4.94. The van der Waals surface area contributed by atoms with E-state index in [1.165, 1.54) is 12.3 Å². The van der Waals surface area contributed by atoms with E-state index in [4.69, 9.17) is 4.74 Å². The molecule has 0 aliphatic heterocycles. The third kappa shape index (κ3) is 4.14. The van der Waals surface area contributed by atoms with Gasteiger partial charge in [0, 0.05) is 18.0 Å². The molecule has 2 aromatic heterocycles. The maximum Gasteiger partial charge on any atom is 0.279 e. The van der Waals surface area contributed by atoms with Crippen molar-refractivity contribution in [1.29, 1.82) is 0 Å². The molecule has 7 heteroatoms. The molecule has 0 bridgehead atoms. The molecule has 0 spiro atoms. The number of nitrogens with zero attached hydrogens (tertiary/aromatic N) is 2. The fourth-order valence-corrected chi connectivity index (χ4v) is 2.41. The van der Waals surface area contributed by atoms with Crippen molar-refractivity contribution in [3.63, 3.8) is 0 Å². The maximum atomic E-state index is 12.1. The van der Waals surface area contributed by atoms with Crippen LogP contribution in [0.4, 0.5) is 5.82 Å². The number of amides is 1. The van der Waals surface area contributed by atoms with Gasteiger partial charge in [-0.15, -0.1) is 0 Å². The number of aromatic hydroxyl groups is 1. The van der Waals surface area contributed by atoms with Crippen molar-refractivity contribution in [3.05, 3.63) is 65.6 Å². The summed E-state index contributed by atoms with van der Waals surface area (Å²) in [6.07, 6.45) is 3.00. The molecular weight excluding hydrogens is 320 g/mol. The Balaban J connectivity index is 1.60. The molecule has 2 heterocycles. The zero-order chi connectivity index (χ0) is 17.6. The highest BCUT2D eigenvalue weighted by atomic mass is 16.5. The summed E-state index contributed by atoms with van der Waals surface area (Å²) in [5.41, 5.74) is 2.00. The summed E-state index contributed by atoms with van der Waals surface area (Å²) in [7, 11) is 1.64. The van der Waals surface area contributed by atoms with Crippen molar-refractivity contribution in [3.8, 4) is 11.5 Å². The fraction of sp³-hybridized carbons (Fsp3) is 0.167. The van der Waals surface area contributed by atoms with Crippen LogP contribution in [-0.4, -0.2) is 33.3 Å². The lowest BCUT2D eigenvalue weighted by atomic mass is 10.1. The molecule has 3 rings (SSSR count). The number of pyridine rings is 1. The number of nitrogens with one attached hydrogen (secondary N) is 2. The van der Waals surface area contributed by atoms with Crippen LogP contribution in [0.1, 0.15) is 21.7 Å². The molecule has 7 nitrogen and oxygen atoms in total. The van der Waals surface area contributed by atoms with Gasteiger partial charge in [0.25, 0.3) is 5.91 Å². The molecule has 3 N–H and O–H groups in total. The van der Waals surface area contributed by atoms with Crippen molar-refractivity contribution >= 4 is 11.7 Å². The Morgan fingerprint density at radius 1 is 1.24 bits per heavy atom. The van der Waals surface area contributed by atoms with Gasteiger partial charge in [-0.25, -0.2) is 4.98 Å². The van der Waals surface area contributed by atoms with E-state index in [1.807, 2.05) is 24.3 Å². The van der Waals surface area contributed by atoms with Crippen LogP contribution in [0.5, 0.6) is 11.5 Å². The number of H-pyrrole nitrogens is 1. The van der Waals surface area contributed by atoms with Crippen molar-refractivity contribution in [2.45, 2.75) is 12.8 Å². The quantitative estimate of drug-likeness (QED) is 0.641. The van der Waals surface area contributed by atoms with Crippen LogP contribution in [-0.2, 0) is 12.8 Å². The van der Waals surface area contributed by atoms with Crippen molar-refractivity contribution in [1.82, 2.24) is 15.2 Å². The number of rotatable bonds is 6. The van der Waals surface area contributed by atoms with Gasteiger partial charge in [-0.1, -0.05) is 12.1 Å². The average molecular weight is 338 g/mol. The minimum absolute atomic E-state index is 0.0385. The van der Waals surface area contributed by atoms with Crippen LogP contribution in [0.25, 0.3) is 0 Å². The highest BCUT2D eigenvalue weighted by molar-refractivity contribution is 6.04. The number of aryl methyl sites for hydroxylation is 2. The first-order valence-corrected chi connectivity index (χ1v) is 7.78. The fourth-order valence-electron chi connectivity index (χ4n) is 2.41. The summed E-state index contributed by atoms with van der Waals surface area (Å²) >= 11 is 0. The second-order valence-electron chi connectivity index (χ2n) is 5.46. The monoisotopic (exact) mass is 338 g/mol. The second-order valence-corrected chi connectivity index (χ2v) is 5.46. The van der Waals surface area contributed by atoms with Gasteiger partial charge in [-0.3, -0.25) is 9.89 Å². The highest BCUT2D eigenvalue weighted by Crippen LogP contribution is 2.17. The topological polar surface area (TPSA) is 100 Å². The zero-order valence-electron chi connectivity index (χ0n) is 13.7. The second kappa shape index (κ2) is 7.48. The SMILES string of the molecule is COc1cccc(CCc2cc(NC(=O)c3ncccc3O)n[nH]2)c1. The third-order valence-corrected chi connectivity index (χ3v) is 3.69. The van der Waals surface area contributed by atoms with E-state index in [1.54, 1.807) is 19.2 Å². The van der Waals surface area contributed by atoms with Crippen molar-refractivity contribution in [2.24, 2.45) is 0 Å². The van der Waals surface area contributed by atoms with Crippen LogP contribution >= 0.6 is 0 Å². The number of ether oxygens (including phenoxy) is 1. The van der Waals surface area contributed by atoms with Crippen LogP contribution in [0.2, 0.25) is 0 Å². The van der Waals surface area contributed by atoms with E-state index in [0.29, 0.717) is 5.82 Å². The van der Waals surface area contributed by atoms with Gasteiger partial charge in [0.2, 0.25) is 0 Å². The molecule has 0 aliphatic carbocycles. The first-order valence-electron chi connectivity index (χ1n) is 7.78. The summed E-state index contributed by atoms with van der Waals surface area (Å²) in [6, 6.07) is 12.6. The lowest BCUT2D eigenvalue weighted by Crippen LogP contribution is -2.13. The van der Waals surface area contributed by atoms with E-state index in [2.05, 4.69) is 20.5 Å². The first kappa shape index (κ1) is 16.5. The number of anilines is 1. The molecule has 25 heavy (non-hydrogen) atoms. The van der Waals surface area contributed by atoms with Crippen LogP contribution in [0.15, 0.2) is 48.7 Å². The van der Waals surface area contributed by atoms with Gasteiger partial charge in [-0.05, 0) is 42.7 Å². The Morgan fingerprint density at radius 3 is 2.92 bits per heavy atom. The minimum atomic E-state index is -0.510. The summed E-state index contributed by atoms with van der Waals surface area (Å²) < 4.78 is 5.21. The van der Waals surface area contributed by atoms with E-state index >= 15 is 0 Å². The van der Waals surface area contributed by atoms with E-state index in [9.17, 15) is 9.90 Å². The predicted molar refractivity (Wildman–Crippen MR) is 92.8 cm³/mol. The Labute approximate surface area is 144 Å². The first-order chi connectivity index (χ1) is 12.2. The molecule has 1 amide bonds. The number of methoxy groups -OCH3 is 1. The number of aromatic amines is 1. The molecule has 1 aromatic carbocycles. The zero-order valence-corrected chi connectivity index (χ0v) is 13.7. The normalized spacial score (nSPS) is 10.4. The van der Waals surface area contributed by atoms with Gasteiger partial charge >= 0.3 is 0 Å². The Hall–Kier alpha value is -3.35. The number of aromatic nitrogens is 3. The van der Waals surface area contributed by atoms with Crippen LogP contribution < -0.4 is 10.1 Å². The standard InChI is InChI=1S/C18H18N4O3/c1-25-14-5-2-4-12(10-14)7-8-13-11-16(22-21-13)20-18(24)17-15(23)6-3-9-19-17/h2-6,9-11,23H,7-8H2,1H3,(H2,20,21,22,24). The Bertz CT molecular complexity index is 876. The molecule has 0 saturated heterocycles. The molecule has 0 aliphatic rings. The smallest absolute Gasteiger partial charge is 0.279 e. The van der Waals surface area contributed by atoms with Gasteiger partial charge in [0.05, 0.1) is 7.11 Å². The number of hydrogen-bond donors (Lipinski definition) is 3. The predicted octanol–water partition coefficient (Wildman–Crippen LogP) is 2.56. The van der Waals surface area contributed by atoms with Gasteiger partial charge in [-0.2, -0.15) is 5.10 Å². The van der Waals surface area contributed by atoms with E-state index in [0.717, 1.165) is 29.8 Å². The Morgan fingerprint density at radius 2 is 2.12 bits per heavy atom. The van der Waals surface area contributed by atoms with Crippen LogP contribution in [0, 0.1) is 0 Å². The number of hydrogen-bond acceptors (Lipinski definition) is 5. The number of carbonyl (C=O) groups excluding carboxylic acids is 1. The molecule has 128 valence electrons. The maximum absolute atomic E-state index is 12.1. The van der Waals surface area contributed by atoms with Gasteiger partial charge < -0.3 is 15.2 Å². The summed E-state index contributed by atoms with van der Waals surface area (Å²) in [5, 5.41) is 19.2. The summed E-state index contributed by atoms with van der Waals surface area (Å²) in [4.78, 5) is 16.0. The van der Waals surface area contributed by atoms with Crippen molar-refractivity contribution in [2.75, 3.05) is 12.4 Å². The lowest BCUT2D eigenvalue weighted by molar-refractivity contribution is 0.101. The molecule has 3 aromatic rings. The molecule has 0 fully saturated rings. The van der Waals surface area contributed by atoms with E-state index < -0.39 is 5.91 Å². The lowest BCUT2D eigenvalue weighted by Gasteiger charge is -2.03. The molecular formula is C18H18N4O3. The average Bonchev–Trinajstić information content (AvgIpc) is 3.08.